The molecule has 2 heterocycles. The molecule has 3 aromatic rings. The van der Waals surface area contributed by atoms with E-state index in [2.05, 4.69) is 45.0 Å². The molecule has 4 rings (SSSR count). The van der Waals surface area contributed by atoms with Gasteiger partial charge in [0.25, 0.3) is 0 Å². The maximum atomic E-state index is 8.08. The van der Waals surface area contributed by atoms with Crippen molar-refractivity contribution in [3.63, 3.8) is 0 Å². The molecule has 1 aromatic carbocycles. The third kappa shape index (κ3) is 5.89. The topological polar surface area (TPSA) is 71.2 Å². The summed E-state index contributed by atoms with van der Waals surface area (Å²) in [5.74, 6) is -0.843. The van der Waals surface area contributed by atoms with Gasteiger partial charge in [-0.05, 0) is 52.0 Å². The fourth-order valence-corrected chi connectivity index (χ4v) is 3.58. The molecule has 0 bridgehead atoms. The second kappa shape index (κ2) is 9.34. The van der Waals surface area contributed by atoms with Crippen molar-refractivity contribution in [2.75, 3.05) is 0 Å². The van der Waals surface area contributed by atoms with Gasteiger partial charge in [0.1, 0.15) is 12.0 Å². The third-order valence-electron chi connectivity index (χ3n) is 4.72. The molecule has 27 heavy (non-hydrogen) atoms. The molecule has 0 spiro atoms. The van der Waals surface area contributed by atoms with Crippen molar-refractivity contribution < 1.29 is 41.3 Å². The molecule has 1 aliphatic rings. The first-order valence-electron chi connectivity index (χ1n) is 9.02. The summed E-state index contributed by atoms with van der Waals surface area (Å²) in [5.41, 5.74) is 3.58. The smallest absolute Gasteiger partial charge is 0.156 e. The zero-order valence-corrected chi connectivity index (χ0v) is 20.2. The van der Waals surface area contributed by atoms with Gasteiger partial charge in [-0.1, -0.05) is 0 Å². The molecule has 0 amide bonds. The van der Waals surface area contributed by atoms with Crippen LogP contribution in [0.25, 0.3) is 11.0 Å². The van der Waals surface area contributed by atoms with Gasteiger partial charge >= 0.3 is 0 Å². The van der Waals surface area contributed by atoms with Gasteiger partial charge in [-0.25, -0.2) is 9.97 Å². The number of benzene rings is 1. The van der Waals surface area contributed by atoms with Gasteiger partial charge < -0.3 is 14.8 Å². The zero-order chi connectivity index (χ0) is 18.7. The minimum absolute atomic E-state index is 0. The Bertz CT molecular complexity index is 853. The molecule has 1 fully saturated rings. The van der Waals surface area contributed by atoms with Crippen LogP contribution in [-0.2, 0) is 0 Å². The Labute approximate surface area is 184 Å². The summed E-state index contributed by atoms with van der Waals surface area (Å²) >= 11 is 0. The van der Waals surface area contributed by atoms with E-state index in [1.54, 1.807) is 6.33 Å². The van der Waals surface area contributed by atoms with Crippen LogP contribution < -0.4 is 0 Å². The molecule has 5 nitrogen and oxygen atoms in total. The van der Waals surface area contributed by atoms with Gasteiger partial charge in [-0.15, -0.1) is 0 Å². The average molecular weight is 590 g/mol. The van der Waals surface area contributed by atoms with E-state index in [1.165, 1.54) is 44.1 Å². The minimum Gasteiger partial charge on any atom is -0.366 e. The Kier molecular flexibility index (Phi) is 7.65. The SMILES string of the molecule is CC(C)(O)O.Cc1ncnc2c1ccn2C1CCC(c2cc[c-]cc2)C1.[U]. The van der Waals surface area contributed by atoms with Gasteiger partial charge in [0, 0.05) is 48.7 Å². The van der Waals surface area contributed by atoms with Crippen molar-refractivity contribution in [2.45, 2.75) is 57.8 Å². The third-order valence-corrected chi connectivity index (χ3v) is 4.72. The summed E-state index contributed by atoms with van der Waals surface area (Å²) < 4.78 is 2.35. The molecule has 2 unspecified atom stereocenters. The Hall–Kier alpha value is -1.19. The maximum Gasteiger partial charge on any atom is 0.156 e. The van der Waals surface area contributed by atoms with E-state index in [9.17, 15) is 0 Å². The number of fused-ring (bicyclic) bond motifs is 1. The molecule has 142 valence electrons. The average Bonchev–Trinajstić information content (AvgIpc) is 3.21. The van der Waals surface area contributed by atoms with Crippen molar-refractivity contribution in [1.82, 2.24) is 14.5 Å². The van der Waals surface area contributed by atoms with E-state index in [-0.39, 0.29) is 31.1 Å². The van der Waals surface area contributed by atoms with E-state index < -0.39 is 5.79 Å². The zero-order valence-electron chi connectivity index (χ0n) is 16.1. The van der Waals surface area contributed by atoms with Crippen LogP contribution in [-0.4, -0.2) is 30.5 Å². The summed E-state index contributed by atoms with van der Waals surface area (Å²) in [6, 6.07) is 14.2. The molecular weight excluding hydrogens is 564 g/mol. The van der Waals surface area contributed by atoms with Gasteiger partial charge in [0.05, 0.1) is 5.69 Å². The second-order valence-corrected chi connectivity index (χ2v) is 7.41. The van der Waals surface area contributed by atoms with Crippen molar-refractivity contribution in [3.8, 4) is 0 Å². The monoisotopic (exact) mass is 590 g/mol. The fraction of sp³-hybridized carbons (Fsp3) is 0.429. The van der Waals surface area contributed by atoms with E-state index in [1.807, 2.05) is 19.1 Å². The van der Waals surface area contributed by atoms with E-state index in [0.717, 1.165) is 11.3 Å². The van der Waals surface area contributed by atoms with Crippen molar-refractivity contribution in [3.05, 3.63) is 60.2 Å². The first-order chi connectivity index (χ1) is 12.3. The van der Waals surface area contributed by atoms with Crippen molar-refractivity contribution in [2.24, 2.45) is 0 Å². The summed E-state index contributed by atoms with van der Waals surface area (Å²) in [5, 5.41) is 17.3. The quantitative estimate of drug-likeness (QED) is 0.353. The van der Waals surface area contributed by atoms with Gasteiger partial charge in [-0.3, -0.25) is 0 Å². The Morgan fingerprint density at radius 1 is 1.11 bits per heavy atom. The molecular formula is C21H26N3O2U-. The normalized spacial score (nSPS) is 19.3. The van der Waals surface area contributed by atoms with E-state index >= 15 is 0 Å². The van der Waals surface area contributed by atoms with Gasteiger partial charge in [0.2, 0.25) is 0 Å². The van der Waals surface area contributed by atoms with Crippen LogP contribution in [0.5, 0.6) is 0 Å². The largest absolute Gasteiger partial charge is 0.366 e. The molecule has 2 atom stereocenters. The summed E-state index contributed by atoms with van der Waals surface area (Å²) in [6.07, 6.45) is 7.51. The summed E-state index contributed by atoms with van der Waals surface area (Å²) in [6.45, 7) is 4.65. The maximum absolute atomic E-state index is 8.08. The first-order valence-corrected chi connectivity index (χ1v) is 9.02. The molecule has 1 saturated carbocycles. The predicted octanol–water partition coefficient (Wildman–Crippen LogP) is 3.76. The van der Waals surface area contributed by atoms with Gasteiger partial charge in [0.15, 0.2) is 5.79 Å². The van der Waals surface area contributed by atoms with Crippen LogP contribution in [0, 0.1) is 44.1 Å². The predicted molar refractivity (Wildman–Crippen MR) is 102 cm³/mol. The molecule has 2 N–H and O–H groups in total. The Morgan fingerprint density at radius 3 is 2.44 bits per heavy atom. The summed E-state index contributed by atoms with van der Waals surface area (Å²) in [7, 11) is 0. The minimum atomic E-state index is -1.50. The van der Waals surface area contributed by atoms with Crippen LogP contribution in [0.2, 0.25) is 0 Å². The number of rotatable bonds is 2. The molecule has 6 heteroatoms. The second-order valence-electron chi connectivity index (χ2n) is 7.41. The standard InChI is InChI=1S/C18H18N3.C3H8O2.U/c1-13-17-9-10-21(18(17)20-12-19-13)16-8-7-15(11-16)14-5-3-2-4-6-14;1-3(2,4)5;/h3-6,9-10,12,15-16H,7-8,11H2,1H3;4-5H,1-2H3;/q-1;;. The van der Waals surface area contributed by atoms with Gasteiger partial charge in [-0.2, -0.15) is 35.9 Å². The number of aryl methyl sites for hydroxylation is 1. The molecule has 0 saturated heterocycles. The van der Waals surface area contributed by atoms with Crippen LogP contribution in [0.1, 0.15) is 56.3 Å². The number of hydrogen-bond acceptors (Lipinski definition) is 4. The molecule has 0 aliphatic heterocycles. The first kappa shape index (κ1) is 22.1. The Balaban J connectivity index is 0.000000390. The van der Waals surface area contributed by atoms with Crippen LogP contribution in [0.15, 0.2) is 42.9 Å². The van der Waals surface area contributed by atoms with E-state index in [4.69, 9.17) is 10.2 Å². The van der Waals surface area contributed by atoms with Crippen LogP contribution in [0.4, 0.5) is 0 Å². The number of hydrogen-bond donors (Lipinski definition) is 2. The number of aliphatic hydroxyl groups is 2. The van der Waals surface area contributed by atoms with Crippen LogP contribution >= 0.6 is 0 Å². The molecule has 1 aliphatic carbocycles. The van der Waals surface area contributed by atoms with E-state index in [0.29, 0.717) is 12.0 Å². The van der Waals surface area contributed by atoms with Crippen molar-refractivity contribution >= 4 is 11.0 Å². The van der Waals surface area contributed by atoms with Crippen molar-refractivity contribution in [1.29, 1.82) is 0 Å². The number of aromatic nitrogens is 3. The number of nitrogens with zero attached hydrogens (tertiary/aromatic N) is 3. The van der Waals surface area contributed by atoms with Crippen LogP contribution in [0.3, 0.4) is 0 Å². The summed E-state index contributed by atoms with van der Waals surface area (Å²) in [4.78, 5) is 8.77. The Morgan fingerprint density at radius 2 is 1.78 bits per heavy atom. The molecule has 0 radical (unpaired) electrons. The molecule has 2 aromatic heterocycles. The fourth-order valence-electron chi connectivity index (χ4n) is 3.58.